The number of imidazole rings is 1. The molecule has 0 radical (unpaired) electrons. The quantitative estimate of drug-likeness (QED) is 0.454. The van der Waals surface area contributed by atoms with Crippen molar-refractivity contribution in [2.24, 2.45) is 0 Å². The van der Waals surface area contributed by atoms with Crippen LogP contribution in [-0.2, 0) is 6.54 Å². The fourth-order valence-electron chi connectivity index (χ4n) is 3.09. The van der Waals surface area contributed by atoms with Gasteiger partial charge in [0.15, 0.2) is 11.7 Å². The van der Waals surface area contributed by atoms with Crippen molar-refractivity contribution in [3.63, 3.8) is 0 Å². The molecule has 0 unspecified atom stereocenters. The fraction of sp³-hybridized carbons (Fsp3) is 0.238. The summed E-state index contributed by atoms with van der Waals surface area (Å²) in [7, 11) is 0. The number of amides is 1. The highest BCUT2D eigenvalue weighted by atomic mass is 32.1. The summed E-state index contributed by atoms with van der Waals surface area (Å²) in [6, 6.07) is 8.59. The molecule has 0 spiro atoms. The molecule has 4 rings (SSSR count). The maximum Gasteiger partial charge on any atom is 0.268 e. The minimum absolute atomic E-state index is 0.215. The molecule has 0 bridgehead atoms. The number of nitrogens with zero attached hydrogens (tertiary/aromatic N) is 3. The van der Waals surface area contributed by atoms with E-state index in [-0.39, 0.29) is 12.5 Å². The van der Waals surface area contributed by atoms with Gasteiger partial charge in [-0.25, -0.2) is 9.97 Å². The first-order valence-electron chi connectivity index (χ1n) is 9.25. The normalized spacial score (nSPS) is 11.7. The Bertz CT molecular complexity index is 1250. The van der Waals surface area contributed by atoms with Crippen LogP contribution in [0.1, 0.15) is 39.8 Å². The van der Waals surface area contributed by atoms with Crippen LogP contribution in [-0.4, -0.2) is 37.4 Å². The molecule has 0 fully saturated rings. The maximum atomic E-state index is 12.9. The van der Waals surface area contributed by atoms with Gasteiger partial charge in [0, 0.05) is 12.5 Å². The standard InChI is InChI=1S/C21H20N4O4S/c1-12-22-9-16(29-12)17-6-7-18(30-17)19(27)24-20-23-14-8-13(10-26)4-5-15(14)25(20)11-21(2,3)28/h4-10,28H,11H2,1-3H3,(H,23,24,27). The Balaban J connectivity index is 1.67. The van der Waals surface area contributed by atoms with E-state index < -0.39 is 5.60 Å². The number of fused-ring (bicyclic) bond motifs is 1. The third-order valence-corrected chi connectivity index (χ3v) is 5.47. The SMILES string of the molecule is Cc1ncc(-c2ccc(C(=O)Nc3nc4cc(C=O)ccc4n3CC(C)(C)O)s2)o1. The van der Waals surface area contributed by atoms with E-state index in [1.165, 1.54) is 11.3 Å². The van der Waals surface area contributed by atoms with Crippen molar-refractivity contribution in [2.75, 3.05) is 5.32 Å². The average molecular weight is 424 g/mol. The molecule has 1 aromatic carbocycles. The lowest BCUT2D eigenvalue weighted by Crippen LogP contribution is -2.27. The number of rotatable bonds is 6. The number of benzene rings is 1. The van der Waals surface area contributed by atoms with Crippen molar-refractivity contribution in [2.45, 2.75) is 32.9 Å². The molecule has 4 aromatic rings. The molecule has 9 heteroatoms. The third kappa shape index (κ3) is 4.03. The van der Waals surface area contributed by atoms with Crippen LogP contribution in [0.4, 0.5) is 5.95 Å². The number of thiophene rings is 1. The minimum Gasteiger partial charge on any atom is -0.440 e. The molecule has 0 atom stereocenters. The highest BCUT2D eigenvalue weighted by Gasteiger charge is 2.22. The average Bonchev–Trinajstić information content (AvgIpc) is 3.40. The summed E-state index contributed by atoms with van der Waals surface area (Å²) in [5, 5.41) is 13.1. The largest absolute Gasteiger partial charge is 0.440 e. The van der Waals surface area contributed by atoms with Gasteiger partial charge in [-0.3, -0.25) is 14.9 Å². The summed E-state index contributed by atoms with van der Waals surface area (Å²) in [5.41, 5.74) is 0.722. The van der Waals surface area contributed by atoms with Gasteiger partial charge in [0.05, 0.1) is 39.1 Å². The van der Waals surface area contributed by atoms with Gasteiger partial charge in [0.2, 0.25) is 5.95 Å². The lowest BCUT2D eigenvalue weighted by atomic mass is 10.1. The molecule has 0 aliphatic heterocycles. The smallest absolute Gasteiger partial charge is 0.268 e. The molecule has 8 nitrogen and oxygen atoms in total. The van der Waals surface area contributed by atoms with E-state index in [2.05, 4.69) is 15.3 Å². The van der Waals surface area contributed by atoms with Crippen molar-refractivity contribution in [1.82, 2.24) is 14.5 Å². The number of hydrogen-bond donors (Lipinski definition) is 2. The highest BCUT2D eigenvalue weighted by Crippen LogP contribution is 2.30. The molecule has 0 saturated heterocycles. The Morgan fingerprint density at radius 1 is 1.33 bits per heavy atom. The summed E-state index contributed by atoms with van der Waals surface area (Å²) < 4.78 is 7.24. The topological polar surface area (TPSA) is 110 Å². The summed E-state index contributed by atoms with van der Waals surface area (Å²) >= 11 is 1.28. The van der Waals surface area contributed by atoms with E-state index in [9.17, 15) is 14.7 Å². The second-order valence-electron chi connectivity index (χ2n) is 7.56. The van der Waals surface area contributed by atoms with Gasteiger partial charge in [0.1, 0.15) is 6.29 Å². The Morgan fingerprint density at radius 3 is 2.80 bits per heavy atom. The van der Waals surface area contributed by atoms with Crippen molar-refractivity contribution in [3.8, 4) is 10.6 Å². The summed E-state index contributed by atoms with van der Waals surface area (Å²) in [4.78, 5) is 33.8. The van der Waals surface area contributed by atoms with Gasteiger partial charge in [-0.05, 0) is 44.2 Å². The van der Waals surface area contributed by atoms with Gasteiger partial charge in [0.25, 0.3) is 5.91 Å². The number of carbonyl (C=O) groups excluding carboxylic acids is 2. The molecule has 30 heavy (non-hydrogen) atoms. The van der Waals surface area contributed by atoms with Crippen LogP contribution in [0.25, 0.3) is 21.7 Å². The van der Waals surface area contributed by atoms with Crippen LogP contribution in [0.3, 0.4) is 0 Å². The number of hydrogen-bond acceptors (Lipinski definition) is 7. The van der Waals surface area contributed by atoms with Crippen molar-refractivity contribution in [3.05, 3.63) is 52.9 Å². The zero-order chi connectivity index (χ0) is 21.5. The second-order valence-corrected chi connectivity index (χ2v) is 8.65. The highest BCUT2D eigenvalue weighted by molar-refractivity contribution is 7.17. The summed E-state index contributed by atoms with van der Waals surface area (Å²) in [6.45, 7) is 5.32. The maximum absolute atomic E-state index is 12.9. The van der Waals surface area contributed by atoms with E-state index in [1.807, 2.05) is 0 Å². The summed E-state index contributed by atoms with van der Waals surface area (Å²) in [5.74, 6) is 1.13. The Morgan fingerprint density at radius 2 is 2.13 bits per heavy atom. The van der Waals surface area contributed by atoms with Crippen LogP contribution < -0.4 is 5.32 Å². The number of anilines is 1. The van der Waals surface area contributed by atoms with Crippen molar-refractivity contribution >= 4 is 40.5 Å². The van der Waals surface area contributed by atoms with Crippen molar-refractivity contribution < 1.29 is 19.1 Å². The molecule has 1 amide bonds. The minimum atomic E-state index is -1.03. The summed E-state index contributed by atoms with van der Waals surface area (Å²) in [6.07, 6.45) is 2.36. The van der Waals surface area contributed by atoms with E-state index in [0.29, 0.717) is 39.1 Å². The molecule has 0 aliphatic carbocycles. The zero-order valence-electron chi connectivity index (χ0n) is 16.7. The molecular formula is C21H20N4O4S. The molecule has 0 saturated carbocycles. The first-order chi connectivity index (χ1) is 14.2. The molecule has 0 aliphatic rings. The Hall–Kier alpha value is -3.30. The van der Waals surface area contributed by atoms with Gasteiger partial charge in [-0.15, -0.1) is 11.3 Å². The first kappa shape index (κ1) is 20.0. The van der Waals surface area contributed by atoms with Crippen LogP contribution in [0.15, 0.2) is 40.9 Å². The molecule has 3 aromatic heterocycles. The number of nitrogens with one attached hydrogen (secondary N) is 1. The van der Waals surface area contributed by atoms with Crippen LogP contribution >= 0.6 is 11.3 Å². The fourth-order valence-corrected chi connectivity index (χ4v) is 3.94. The van der Waals surface area contributed by atoms with Crippen LogP contribution in [0.5, 0.6) is 0 Å². The Kier molecular flexibility index (Phi) is 5.00. The number of aldehydes is 1. The van der Waals surface area contributed by atoms with Crippen LogP contribution in [0.2, 0.25) is 0 Å². The van der Waals surface area contributed by atoms with E-state index in [4.69, 9.17) is 4.42 Å². The number of oxazole rings is 1. The molecule has 154 valence electrons. The van der Waals surface area contributed by atoms with Crippen molar-refractivity contribution in [1.29, 1.82) is 0 Å². The van der Waals surface area contributed by atoms with E-state index in [1.54, 1.807) is 61.9 Å². The Labute approximate surface area is 176 Å². The van der Waals surface area contributed by atoms with E-state index >= 15 is 0 Å². The second kappa shape index (κ2) is 7.51. The molecule has 3 heterocycles. The monoisotopic (exact) mass is 424 g/mol. The van der Waals surface area contributed by atoms with Gasteiger partial charge in [-0.1, -0.05) is 0 Å². The predicted octanol–water partition coefficient (Wildman–Crippen LogP) is 3.90. The number of aromatic nitrogens is 3. The third-order valence-electron chi connectivity index (χ3n) is 4.37. The molecule has 2 N–H and O–H groups in total. The molecular weight excluding hydrogens is 404 g/mol. The number of aliphatic hydroxyl groups is 1. The predicted molar refractivity (Wildman–Crippen MR) is 114 cm³/mol. The lowest BCUT2D eigenvalue weighted by Gasteiger charge is -2.20. The van der Waals surface area contributed by atoms with Gasteiger partial charge >= 0.3 is 0 Å². The number of carbonyl (C=O) groups is 2. The van der Waals surface area contributed by atoms with Gasteiger partial charge < -0.3 is 14.1 Å². The first-order valence-corrected chi connectivity index (χ1v) is 10.1. The van der Waals surface area contributed by atoms with E-state index in [0.717, 1.165) is 11.2 Å². The number of aryl methyl sites for hydroxylation is 1. The zero-order valence-corrected chi connectivity index (χ0v) is 17.5. The van der Waals surface area contributed by atoms with Gasteiger partial charge in [-0.2, -0.15) is 0 Å². The van der Waals surface area contributed by atoms with Crippen LogP contribution in [0, 0.1) is 6.92 Å². The lowest BCUT2D eigenvalue weighted by molar-refractivity contribution is 0.0630.